The summed E-state index contributed by atoms with van der Waals surface area (Å²) in [5.74, 6) is 0.760. The van der Waals surface area contributed by atoms with E-state index in [-0.39, 0.29) is 11.9 Å². The summed E-state index contributed by atoms with van der Waals surface area (Å²) in [4.78, 5) is 15.3. The molecule has 160 valence electrons. The molecule has 1 aliphatic rings. The number of carbonyl (C=O) groups excluding carboxylic acids is 1. The van der Waals surface area contributed by atoms with Gasteiger partial charge in [-0.05, 0) is 35.4 Å². The van der Waals surface area contributed by atoms with Crippen molar-refractivity contribution in [1.82, 2.24) is 10.2 Å². The SMILES string of the molecule is O=C(NC(CN1CCOCC1)c1ccccc1)c1ccc(COc2ccccc2)cc1. The number of para-hydroxylation sites is 1. The first-order valence-electron chi connectivity index (χ1n) is 10.7. The van der Waals surface area contributed by atoms with E-state index >= 15 is 0 Å². The van der Waals surface area contributed by atoms with Crippen molar-refractivity contribution in [2.75, 3.05) is 32.8 Å². The summed E-state index contributed by atoms with van der Waals surface area (Å²) < 4.78 is 11.2. The topological polar surface area (TPSA) is 50.8 Å². The minimum atomic E-state index is -0.0760. The van der Waals surface area contributed by atoms with Gasteiger partial charge in [0, 0.05) is 25.2 Å². The maximum atomic E-state index is 13.0. The lowest BCUT2D eigenvalue weighted by molar-refractivity contribution is 0.0332. The van der Waals surface area contributed by atoms with Crippen LogP contribution in [0.3, 0.4) is 0 Å². The van der Waals surface area contributed by atoms with Gasteiger partial charge in [0.05, 0.1) is 19.3 Å². The van der Waals surface area contributed by atoms with Gasteiger partial charge < -0.3 is 14.8 Å². The normalized spacial score (nSPS) is 15.2. The van der Waals surface area contributed by atoms with Gasteiger partial charge >= 0.3 is 0 Å². The first-order chi connectivity index (χ1) is 15.3. The quantitative estimate of drug-likeness (QED) is 0.602. The largest absolute Gasteiger partial charge is 0.489 e. The highest BCUT2D eigenvalue weighted by molar-refractivity contribution is 5.94. The van der Waals surface area contributed by atoms with Crippen molar-refractivity contribution in [2.45, 2.75) is 12.6 Å². The number of hydrogen-bond donors (Lipinski definition) is 1. The number of nitrogens with one attached hydrogen (secondary N) is 1. The zero-order chi connectivity index (χ0) is 21.3. The number of morpholine rings is 1. The van der Waals surface area contributed by atoms with Crippen LogP contribution in [0.2, 0.25) is 0 Å². The second-order valence-electron chi connectivity index (χ2n) is 7.65. The molecule has 3 aromatic rings. The lowest BCUT2D eigenvalue weighted by Crippen LogP contribution is -2.43. The molecule has 1 atom stereocenters. The van der Waals surface area contributed by atoms with Gasteiger partial charge in [0.2, 0.25) is 0 Å². The Bertz CT molecular complexity index is 939. The van der Waals surface area contributed by atoms with Crippen molar-refractivity contribution in [3.05, 3.63) is 102 Å². The van der Waals surface area contributed by atoms with Gasteiger partial charge in [-0.3, -0.25) is 9.69 Å². The van der Waals surface area contributed by atoms with E-state index in [9.17, 15) is 4.79 Å². The van der Waals surface area contributed by atoms with Crippen LogP contribution in [-0.2, 0) is 11.3 Å². The average molecular weight is 417 g/mol. The summed E-state index contributed by atoms with van der Waals surface area (Å²) in [6, 6.07) is 27.4. The second kappa shape index (κ2) is 10.8. The number of amides is 1. The first-order valence-corrected chi connectivity index (χ1v) is 10.7. The molecule has 0 radical (unpaired) electrons. The van der Waals surface area contributed by atoms with Crippen molar-refractivity contribution in [1.29, 1.82) is 0 Å². The molecule has 0 spiro atoms. The Morgan fingerprint density at radius 3 is 2.23 bits per heavy atom. The maximum absolute atomic E-state index is 13.0. The average Bonchev–Trinajstić information content (AvgIpc) is 2.84. The summed E-state index contributed by atoms with van der Waals surface area (Å²) in [6.07, 6.45) is 0. The number of nitrogens with zero attached hydrogens (tertiary/aromatic N) is 1. The molecule has 3 aromatic carbocycles. The third kappa shape index (κ3) is 6.17. The van der Waals surface area contributed by atoms with E-state index in [0.29, 0.717) is 12.2 Å². The molecule has 31 heavy (non-hydrogen) atoms. The van der Waals surface area contributed by atoms with E-state index in [1.165, 1.54) is 0 Å². The zero-order valence-electron chi connectivity index (χ0n) is 17.6. The Hall–Kier alpha value is -3.15. The highest BCUT2D eigenvalue weighted by Gasteiger charge is 2.20. The van der Waals surface area contributed by atoms with E-state index in [1.807, 2.05) is 72.8 Å². The van der Waals surface area contributed by atoms with Crippen LogP contribution in [0.4, 0.5) is 0 Å². The zero-order valence-corrected chi connectivity index (χ0v) is 17.6. The fraction of sp³-hybridized carbons (Fsp3) is 0.269. The van der Waals surface area contributed by atoms with Crippen molar-refractivity contribution in [3.8, 4) is 5.75 Å². The summed E-state index contributed by atoms with van der Waals surface area (Å²) in [5, 5.41) is 3.22. The third-order valence-corrected chi connectivity index (χ3v) is 5.42. The van der Waals surface area contributed by atoms with Crippen LogP contribution < -0.4 is 10.1 Å². The summed E-state index contributed by atoms with van der Waals surface area (Å²) >= 11 is 0. The summed E-state index contributed by atoms with van der Waals surface area (Å²) in [7, 11) is 0. The minimum absolute atomic E-state index is 0.0716. The van der Waals surface area contributed by atoms with E-state index in [4.69, 9.17) is 9.47 Å². The molecule has 1 fully saturated rings. The van der Waals surface area contributed by atoms with Gasteiger partial charge in [-0.25, -0.2) is 0 Å². The van der Waals surface area contributed by atoms with Crippen molar-refractivity contribution in [2.24, 2.45) is 0 Å². The Kier molecular flexibility index (Phi) is 7.32. The van der Waals surface area contributed by atoms with Crippen LogP contribution in [-0.4, -0.2) is 43.7 Å². The molecule has 4 rings (SSSR count). The molecule has 0 saturated carbocycles. The van der Waals surface area contributed by atoms with E-state index in [2.05, 4.69) is 22.3 Å². The van der Waals surface area contributed by atoms with Crippen LogP contribution in [0.5, 0.6) is 5.75 Å². The standard InChI is InChI=1S/C26H28N2O3/c29-26(23-13-11-21(12-14-23)20-31-24-9-5-2-6-10-24)27-25(22-7-3-1-4-8-22)19-28-15-17-30-18-16-28/h1-14,25H,15-20H2,(H,27,29). The number of ether oxygens (including phenoxy) is 2. The highest BCUT2D eigenvalue weighted by Crippen LogP contribution is 2.17. The van der Waals surface area contributed by atoms with Gasteiger partial charge in [0.25, 0.3) is 5.91 Å². The molecule has 0 bridgehead atoms. The molecule has 5 heteroatoms. The summed E-state index contributed by atoms with van der Waals surface area (Å²) in [5.41, 5.74) is 2.77. The van der Waals surface area contributed by atoms with Crippen molar-refractivity contribution >= 4 is 5.91 Å². The van der Waals surface area contributed by atoms with Crippen LogP contribution in [0.15, 0.2) is 84.9 Å². The molecule has 1 unspecified atom stereocenters. The van der Waals surface area contributed by atoms with E-state index < -0.39 is 0 Å². The molecule has 1 saturated heterocycles. The number of hydrogen-bond acceptors (Lipinski definition) is 4. The van der Waals surface area contributed by atoms with Gasteiger partial charge in [0.1, 0.15) is 12.4 Å². The highest BCUT2D eigenvalue weighted by atomic mass is 16.5. The first kappa shape index (κ1) is 21.1. The Morgan fingerprint density at radius 2 is 1.55 bits per heavy atom. The molecule has 1 N–H and O–H groups in total. The molecule has 5 nitrogen and oxygen atoms in total. The van der Waals surface area contributed by atoms with E-state index in [1.54, 1.807) is 0 Å². The molecule has 0 aromatic heterocycles. The van der Waals surface area contributed by atoms with Crippen LogP contribution >= 0.6 is 0 Å². The fourth-order valence-corrected chi connectivity index (χ4v) is 3.64. The fourth-order valence-electron chi connectivity index (χ4n) is 3.64. The molecular weight excluding hydrogens is 388 g/mol. The lowest BCUT2D eigenvalue weighted by Gasteiger charge is -2.31. The van der Waals surface area contributed by atoms with Gasteiger partial charge in [-0.2, -0.15) is 0 Å². The molecule has 1 amide bonds. The lowest BCUT2D eigenvalue weighted by atomic mass is 10.0. The second-order valence-corrected chi connectivity index (χ2v) is 7.65. The minimum Gasteiger partial charge on any atom is -0.489 e. The number of carbonyl (C=O) groups is 1. The van der Waals surface area contributed by atoms with Gasteiger partial charge in [0.15, 0.2) is 0 Å². The number of benzene rings is 3. The number of rotatable bonds is 8. The monoisotopic (exact) mass is 416 g/mol. The van der Waals surface area contributed by atoms with Gasteiger partial charge in [-0.15, -0.1) is 0 Å². The molecular formula is C26H28N2O3. The predicted octanol–water partition coefficient (Wildman–Crippen LogP) is 4.07. The van der Waals surface area contributed by atoms with Crippen molar-refractivity contribution in [3.63, 3.8) is 0 Å². The molecule has 0 aliphatic carbocycles. The summed E-state index contributed by atoms with van der Waals surface area (Å²) in [6.45, 7) is 4.48. The van der Waals surface area contributed by atoms with Crippen molar-refractivity contribution < 1.29 is 14.3 Å². The molecule has 1 aliphatic heterocycles. The molecule has 1 heterocycles. The van der Waals surface area contributed by atoms with Crippen LogP contribution in [0, 0.1) is 0 Å². The van der Waals surface area contributed by atoms with E-state index in [0.717, 1.165) is 49.7 Å². The smallest absolute Gasteiger partial charge is 0.251 e. The van der Waals surface area contributed by atoms with Crippen LogP contribution in [0.1, 0.15) is 27.5 Å². The Morgan fingerprint density at radius 1 is 0.903 bits per heavy atom. The van der Waals surface area contributed by atoms with Gasteiger partial charge in [-0.1, -0.05) is 60.7 Å². The Labute approximate surface area is 183 Å². The predicted molar refractivity (Wildman–Crippen MR) is 121 cm³/mol. The maximum Gasteiger partial charge on any atom is 0.251 e. The Balaban J connectivity index is 1.39. The third-order valence-electron chi connectivity index (χ3n) is 5.42. The van der Waals surface area contributed by atoms with Crippen LogP contribution in [0.25, 0.3) is 0 Å².